The largest absolute Gasteiger partial charge is 0.354 e. The van der Waals surface area contributed by atoms with Crippen LogP contribution in [0, 0.1) is 0 Å². The fraction of sp³-hybridized carbons (Fsp3) is 0.438. The highest BCUT2D eigenvalue weighted by Gasteiger charge is 2.26. The van der Waals surface area contributed by atoms with E-state index in [4.69, 9.17) is 5.73 Å². The van der Waals surface area contributed by atoms with Crippen LogP contribution in [0.4, 0.5) is 11.4 Å². The number of carbonyl (C=O) groups excluding carboxylic acids is 3. The van der Waals surface area contributed by atoms with E-state index in [1.165, 1.54) is 4.90 Å². The van der Waals surface area contributed by atoms with Crippen LogP contribution < -0.4 is 21.3 Å². The molecule has 1 aliphatic heterocycles. The molecule has 0 aliphatic carbocycles. The lowest BCUT2D eigenvalue weighted by atomic mass is 10.1. The topological polar surface area (TPSA) is 105 Å². The molecular weight excluding hydrogens is 332 g/mol. The average molecular weight is 355 g/mol. The minimum atomic E-state index is -0.496. The summed E-state index contributed by atoms with van der Waals surface area (Å²) >= 11 is 0. The Morgan fingerprint density at radius 1 is 1.29 bits per heavy atom. The summed E-state index contributed by atoms with van der Waals surface area (Å²) in [7, 11) is 0. The van der Waals surface area contributed by atoms with Gasteiger partial charge in [-0.3, -0.25) is 14.4 Å². The summed E-state index contributed by atoms with van der Waals surface area (Å²) in [5, 5.41) is 5.42. The molecule has 1 aromatic carbocycles. The van der Waals surface area contributed by atoms with Gasteiger partial charge in [-0.15, -0.1) is 12.4 Å². The van der Waals surface area contributed by atoms with Crippen LogP contribution >= 0.6 is 12.4 Å². The van der Waals surface area contributed by atoms with Crippen molar-refractivity contribution in [2.24, 2.45) is 5.73 Å². The Morgan fingerprint density at radius 3 is 2.62 bits per heavy atom. The summed E-state index contributed by atoms with van der Waals surface area (Å²) in [6.45, 7) is 3.92. The van der Waals surface area contributed by atoms with Crippen molar-refractivity contribution in [2.45, 2.75) is 32.2 Å². The minimum absolute atomic E-state index is 0. The number of nitrogens with one attached hydrogen (secondary N) is 2. The van der Waals surface area contributed by atoms with E-state index in [2.05, 4.69) is 10.6 Å². The van der Waals surface area contributed by atoms with Crippen LogP contribution in [0.25, 0.3) is 0 Å². The van der Waals surface area contributed by atoms with Crippen molar-refractivity contribution in [1.29, 1.82) is 0 Å². The maximum absolute atomic E-state index is 12.4. The maximum Gasteiger partial charge on any atom is 0.244 e. The predicted molar refractivity (Wildman–Crippen MR) is 95.2 cm³/mol. The Morgan fingerprint density at radius 2 is 1.96 bits per heavy atom. The number of hydrogen-bond acceptors (Lipinski definition) is 4. The van der Waals surface area contributed by atoms with Crippen molar-refractivity contribution in [1.82, 2.24) is 5.32 Å². The van der Waals surface area contributed by atoms with Crippen LogP contribution in [-0.2, 0) is 14.4 Å². The first kappa shape index (κ1) is 19.9. The summed E-state index contributed by atoms with van der Waals surface area (Å²) in [5.74, 6) is -0.729. The molecule has 24 heavy (non-hydrogen) atoms. The first-order valence-electron chi connectivity index (χ1n) is 7.51. The lowest BCUT2D eigenvalue weighted by Crippen LogP contribution is -2.45. The first-order chi connectivity index (χ1) is 10.8. The first-order valence-corrected chi connectivity index (χ1v) is 7.51. The highest BCUT2D eigenvalue weighted by atomic mass is 35.5. The van der Waals surface area contributed by atoms with E-state index in [-0.39, 0.29) is 49.5 Å². The number of carbonyl (C=O) groups is 3. The Labute approximate surface area is 147 Å². The Kier molecular flexibility index (Phi) is 6.74. The van der Waals surface area contributed by atoms with E-state index in [0.717, 1.165) is 0 Å². The van der Waals surface area contributed by atoms with Crippen LogP contribution in [0.15, 0.2) is 24.3 Å². The smallest absolute Gasteiger partial charge is 0.244 e. The van der Waals surface area contributed by atoms with Gasteiger partial charge in [0.25, 0.3) is 0 Å². The van der Waals surface area contributed by atoms with Gasteiger partial charge in [-0.2, -0.15) is 0 Å². The summed E-state index contributed by atoms with van der Waals surface area (Å²) < 4.78 is 0. The number of halogens is 1. The highest BCUT2D eigenvalue weighted by molar-refractivity contribution is 6.10. The minimum Gasteiger partial charge on any atom is -0.354 e. The molecule has 0 saturated heterocycles. The Bertz CT molecular complexity index is 628. The molecular formula is C16H23ClN4O3. The van der Waals surface area contributed by atoms with Gasteiger partial charge >= 0.3 is 0 Å². The monoisotopic (exact) mass is 354 g/mol. The lowest BCUT2D eigenvalue weighted by Gasteiger charge is -2.29. The van der Waals surface area contributed by atoms with Crippen molar-refractivity contribution in [3.8, 4) is 0 Å². The fourth-order valence-corrected chi connectivity index (χ4v) is 2.23. The molecule has 2 rings (SSSR count). The zero-order chi connectivity index (χ0) is 17.0. The second kappa shape index (κ2) is 8.12. The molecule has 1 aromatic rings. The van der Waals surface area contributed by atoms with Gasteiger partial charge in [0.1, 0.15) is 6.54 Å². The molecule has 0 bridgehead atoms. The molecule has 0 saturated carbocycles. The van der Waals surface area contributed by atoms with E-state index in [1.807, 2.05) is 13.8 Å². The summed E-state index contributed by atoms with van der Waals surface area (Å²) in [6.07, 6.45) is 0.105. The van der Waals surface area contributed by atoms with Gasteiger partial charge in [0.05, 0.1) is 11.4 Å². The van der Waals surface area contributed by atoms with E-state index in [9.17, 15) is 14.4 Å². The van der Waals surface area contributed by atoms with Crippen molar-refractivity contribution in [3.05, 3.63) is 24.3 Å². The van der Waals surface area contributed by atoms with E-state index >= 15 is 0 Å². The van der Waals surface area contributed by atoms with Crippen LogP contribution in [0.3, 0.4) is 0 Å². The average Bonchev–Trinajstić information content (AvgIpc) is 2.49. The van der Waals surface area contributed by atoms with Crippen LogP contribution in [0.5, 0.6) is 0 Å². The molecule has 0 atom stereocenters. The van der Waals surface area contributed by atoms with Crippen molar-refractivity contribution < 1.29 is 14.4 Å². The third kappa shape index (κ3) is 5.50. The molecule has 0 spiro atoms. The highest BCUT2D eigenvalue weighted by Crippen LogP contribution is 2.29. The zero-order valence-electron chi connectivity index (χ0n) is 13.8. The molecule has 3 amide bonds. The van der Waals surface area contributed by atoms with Crippen molar-refractivity contribution in [3.63, 3.8) is 0 Å². The molecule has 0 aromatic heterocycles. The second-order valence-corrected chi connectivity index (χ2v) is 6.31. The summed E-state index contributed by atoms with van der Waals surface area (Å²) in [5.41, 5.74) is 6.55. The Balaban J connectivity index is 0.00000288. The van der Waals surface area contributed by atoms with Crippen LogP contribution in [-0.4, -0.2) is 36.3 Å². The quantitative estimate of drug-likeness (QED) is 0.734. The molecule has 1 aliphatic rings. The molecule has 0 fully saturated rings. The van der Waals surface area contributed by atoms with Gasteiger partial charge in [0.2, 0.25) is 17.7 Å². The molecule has 8 heteroatoms. The number of benzene rings is 1. The van der Waals surface area contributed by atoms with E-state index in [0.29, 0.717) is 17.9 Å². The molecule has 0 unspecified atom stereocenters. The zero-order valence-corrected chi connectivity index (χ0v) is 14.6. The molecule has 1 heterocycles. The maximum atomic E-state index is 12.4. The van der Waals surface area contributed by atoms with E-state index < -0.39 is 5.54 Å². The predicted octanol–water partition coefficient (Wildman–Crippen LogP) is 1.03. The lowest BCUT2D eigenvalue weighted by molar-refractivity contribution is -0.125. The Hall–Kier alpha value is -2.12. The van der Waals surface area contributed by atoms with Gasteiger partial charge in [-0.1, -0.05) is 12.1 Å². The van der Waals surface area contributed by atoms with Gasteiger partial charge in [0, 0.05) is 24.9 Å². The molecule has 132 valence electrons. The fourth-order valence-electron chi connectivity index (χ4n) is 2.23. The number of amides is 3. The number of hydrogen-bond donors (Lipinski definition) is 3. The molecule has 4 N–H and O–H groups in total. The third-order valence-corrected chi connectivity index (χ3v) is 3.38. The van der Waals surface area contributed by atoms with Gasteiger partial charge in [-0.25, -0.2) is 0 Å². The molecule has 0 radical (unpaired) electrons. The van der Waals surface area contributed by atoms with E-state index in [1.54, 1.807) is 24.3 Å². The van der Waals surface area contributed by atoms with Gasteiger partial charge < -0.3 is 21.3 Å². The number of fused-ring (bicyclic) bond motifs is 1. The number of anilines is 2. The third-order valence-electron chi connectivity index (χ3n) is 3.38. The standard InChI is InChI=1S/C16H22N4O3.ClH/c1-16(2,17)10-18-13(21)7-8-15(23)20-9-14(22)19-11-5-3-4-6-12(11)20;/h3-6H,7-10,17H2,1-2H3,(H,18,21)(H,19,22);1H. The summed E-state index contributed by atoms with van der Waals surface area (Å²) in [4.78, 5) is 37.2. The van der Waals surface area contributed by atoms with Gasteiger partial charge in [-0.05, 0) is 26.0 Å². The van der Waals surface area contributed by atoms with Crippen LogP contribution in [0.1, 0.15) is 26.7 Å². The second-order valence-electron chi connectivity index (χ2n) is 6.31. The number of para-hydroxylation sites is 2. The normalized spacial score (nSPS) is 13.5. The number of nitrogens with zero attached hydrogens (tertiary/aromatic N) is 1. The van der Waals surface area contributed by atoms with Crippen molar-refractivity contribution >= 4 is 41.5 Å². The molecule has 7 nitrogen and oxygen atoms in total. The number of rotatable bonds is 5. The van der Waals surface area contributed by atoms with Crippen molar-refractivity contribution in [2.75, 3.05) is 23.3 Å². The number of nitrogens with two attached hydrogens (primary N) is 1. The SMILES string of the molecule is CC(C)(N)CNC(=O)CCC(=O)N1CC(=O)Nc2ccccc21.Cl. The van der Waals surface area contributed by atoms with Gasteiger partial charge in [0.15, 0.2) is 0 Å². The summed E-state index contributed by atoms with van der Waals surface area (Å²) in [6, 6.07) is 7.09. The van der Waals surface area contributed by atoms with Crippen LogP contribution in [0.2, 0.25) is 0 Å².